The smallest absolute Gasteiger partial charge is 0.143 e. The average molecular weight is 375 g/mol. The Labute approximate surface area is 143 Å². The lowest BCUT2D eigenvalue weighted by Gasteiger charge is -2.09. The quantitative estimate of drug-likeness (QED) is 0.568. The van der Waals surface area contributed by atoms with Gasteiger partial charge in [-0.05, 0) is 28.1 Å². The van der Waals surface area contributed by atoms with E-state index in [1.807, 2.05) is 24.3 Å². The molecule has 0 atom stereocenters. The van der Waals surface area contributed by atoms with Gasteiger partial charge < -0.3 is 14.3 Å². The first-order chi connectivity index (χ1) is 11.2. The van der Waals surface area contributed by atoms with Crippen LogP contribution in [0.15, 0.2) is 46.0 Å². The van der Waals surface area contributed by atoms with E-state index in [9.17, 15) is 0 Å². The number of hydrogen-bond acceptors (Lipinski definition) is 5. The minimum atomic E-state index is 0.222. The van der Waals surface area contributed by atoms with Crippen molar-refractivity contribution in [3.8, 4) is 17.6 Å². The van der Waals surface area contributed by atoms with E-state index in [0.29, 0.717) is 17.1 Å². The standard InChI is InChI=1S/C17H15BrN2O3/c1-21-16-8-17(22-2)15(18)7-14(16)10-20-23-11-13-6-4-3-5-12(13)9-19/h3-8,10H,11H2,1-2H3/b20-10-. The van der Waals surface area contributed by atoms with Crippen LogP contribution in [-0.2, 0) is 11.4 Å². The van der Waals surface area contributed by atoms with Crippen molar-refractivity contribution in [1.82, 2.24) is 0 Å². The summed E-state index contributed by atoms with van der Waals surface area (Å²) in [6, 6.07) is 12.9. The summed E-state index contributed by atoms with van der Waals surface area (Å²) in [7, 11) is 3.16. The van der Waals surface area contributed by atoms with E-state index in [1.165, 1.54) is 0 Å². The molecule has 0 fully saturated rings. The van der Waals surface area contributed by atoms with Crippen LogP contribution in [0.3, 0.4) is 0 Å². The van der Waals surface area contributed by atoms with Gasteiger partial charge in [-0.25, -0.2) is 0 Å². The average Bonchev–Trinajstić information content (AvgIpc) is 2.59. The van der Waals surface area contributed by atoms with Gasteiger partial charge in [-0.1, -0.05) is 23.4 Å². The van der Waals surface area contributed by atoms with Gasteiger partial charge in [0.15, 0.2) is 0 Å². The SMILES string of the molecule is COc1cc(OC)c(/C=N\OCc2ccccc2C#N)cc1Br. The molecule has 0 N–H and O–H groups in total. The molecule has 0 saturated heterocycles. The molecule has 23 heavy (non-hydrogen) atoms. The topological polar surface area (TPSA) is 63.8 Å². The minimum absolute atomic E-state index is 0.222. The molecule has 0 heterocycles. The number of nitriles is 1. The monoisotopic (exact) mass is 374 g/mol. The number of halogens is 1. The second-order valence-electron chi connectivity index (χ2n) is 4.51. The van der Waals surface area contributed by atoms with Crippen molar-refractivity contribution >= 4 is 22.1 Å². The molecule has 0 amide bonds. The summed E-state index contributed by atoms with van der Waals surface area (Å²) in [5.41, 5.74) is 2.11. The number of oxime groups is 1. The number of methoxy groups -OCH3 is 2. The highest BCUT2D eigenvalue weighted by Crippen LogP contribution is 2.31. The number of rotatable bonds is 6. The summed E-state index contributed by atoms with van der Waals surface area (Å²) in [6.45, 7) is 0.222. The maximum atomic E-state index is 9.02. The Bertz CT molecular complexity index is 754. The number of ether oxygens (including phenoxy) is 2. The van der Waals surface area contributed by atoms with Gasteiger partial charge in [-0.15, -0.1) is 0 Å². The van der Waals surface area contributed by atoms with Crippen LogP contribution in [-0.4, -0.2) is 20.4 Å². The van der Waals surface area contributed by atoms with Crippen molar-refractivity contribution in [3.05, 3.63) is 57.6 Å². The van der Waals surface area contributed by atoms with Gasteiger partial charge in [0.05, 0.1) is 36.5 Å². The molecule has 0 unspecified atom stereocenters. The first kappa shape index (κ1) is 16.8. The van der Waals surface area contributed by atoms with Crippen LogP contribution in [0.2, 0.25) is 0 Å². The van der Waals surface area contributed by atoms with Crippen LogP contribution < -0.4 is 9.47 Å². The van der Waals surface area contributed by atoms with Gasteiger partial charge in [0.2, 0.25) is 0 Å². The highest BCUT2D eigenvalue weighted by atomic mass is 79.9. The normalized spacial score (nSPS) is 10.3. The summed E-state index contributed by atoms with van der Waals surface area (Å²) >= 11 is 3.42. The summed E-state index contributed by atoms with van der Waals surface area (Å²) in [6.07, 6.45) is 1.55. The minimum Gasteiger partial charge on any atom is -0.496 e. The highest BCUT2D eigenvalue weighted by molar-refractivity contribution is 9.10. The fourth-order valence-electron chi connectivity index (χ4n) is 1.94. The zero-order valence-corrected chi connectivity index (χ0v) is 14.3. The van der Waals surface area contributed by atoms with Crippen LogP contribution >= 0.6 is 15.9 Å². The van der Waals surface area contributed by atoms with E-state index in [0.717, 1.165) is 15.6 Å². The van der Waals surface area contributed by atoms with Crippen molar-refractivity contribution in [1.29, 1.82) is 5.26 Å². The zero-order valence-electron chi connectivity index (χ0n) is 12.7. The van der Waals surface area contributed by atoms with E-state index in [2.05, 4.69) is 27.2 Å². The molecule has 2 aromatic carbocycles. The van der Waals surface area contributed by atoms with Crippen LogP contribution in [0.5, 0.6) is 11.5 Å². The van der Waals surface area contributed by atoms with Crippen molar-refractivity contribution in [2.24, 2.45) is 5.16 Å². The second kappa shape index (κ2) is 8.20. The molecular formula is C17H15BrN2O3. The Morgan fingerprint density at radius 2 is 1.91 bits per heavy atom. The first-order valence-corrected chi connectivity index (χ1v) is 7.53. The lowest BCUT2D eigenvalue weighted by Crippen LogP contribution is -1.95. The zero-order chi connectivity index (χ0) is 16.7. The third-order valence-electron chi connectivity index (χ3n) is 3.13. The first-order valence-electron chi connectivity index (χ1n) is 6.74. The molecule has 0 radical (unpaired) electrons. The van der Waals surface area contributed by atoms with Crippen molar-refractivity contribution < 1.29 is 14.3 Å². The lowest BCUT2D eigenvalue weighted by molar-refractivity contribution is 0.132. The Balaban J connectivity index is 2.09. The molecular weight excluding hydrogens is 360 g/mol. The van der Waals surface area contributed by atoms with E-state index < -0.39 is 0 Å². The van der Waals surface area contributed by atoms with Gasteiger partial charge in [-0.3, -0.25) is 0 Å². The van der Waals surface area contributed by atoms with E-state index >= 15 is 0 Å². The number of nitrogens with zero attached hydrogens (tertiary/aromatic N) is 2. The molecule has 0 bridgehead atoms. The van der Waals surface area contributed by atoms with Gasteiger partial charge >= 0.3 is 0 Å². The van der Waals surface area contributed by atoms with E-state index in [-0.39, 0.29) is 6.61 Å². The van der Waals surface area contributed by atoms with Gasteiger partial charge in [0.1, 0.15) is 18.1 Å². The second-order valence-corrected chi connectivity index (χ2v) is 5.36. The van der Waals surface area contributed by atoms with Gasteiger partial charge in [0.25, 0.3) is 0 Å². The van der Waals surface area contributed by atoms with Crippen LogP contribution in [0.1, 0.15) is 16.7 Å². The van der Waals surface area contributed by atoms with E-state index in [1.54, 1.807) is 32.6 Å². The summed E-state index contributed by atoms with van der Waals surface area (Å²) < 4.78 is 11.3. The van der Waals surface area contributed by atoms with Crippen LogP contribution in [0.4, 0.5) is 0 Å². The molecule has 0 aliphatic heterocycles. The maximum absolute atomic E-state index is 9.02. The molecule has 2 rings (SSSR count). The Morgan fingerprint density at radius 1 is 1.17 bits per heavy atom. The largest absolute Gasteiger partial charge is 0.496 e. The predicted octanol–water partition coefficient (Wildman–Crippen LogP) is 3.89. The van der Waals surface area contributed by atoms with Crippen molar-refractivity contribution in [2.45, 2.75) is 6.61 Å². The maximum Gasteiger partial charge on any atom is 0.143 e. The molecule has 0 spiro atoms. The summed E-state index contributed by atoms with van der Waals surface area (Å²) in [4.78, 5) is 5.28. The van der Waals surface area contributed by atoms with Gasteiger partial charge in [0, 0.05) is 17.2 Å². The fourth-order valence-corrected chi connectivity index (χ4v) is 2.46. The van der Waals surface area contributed by atoms with Crippen molar-refractivity contribution in [3.63, 3.8) is 0 Å². The lowest BCUT2D eigenvalue weighted by atomic mass is 10.1. The summed E-state index contributed by atoms with van der Waals surface area (Å²) in [5.74, 6) is 1.29. The Hall–Kier alpha value is -2.52. The molecule has 0 aromatic heterocycles. The molecule has 0 saturated carbocycles. The molecule has 2 aromatic rings. The van der Waals surface area contributed by atoms with E-state index in [4.69, 9.17) is 19.6 Å². The molecule has 0 aliphatic carbocycles. The van der Waals surface area contributed by atoms with Gasteiger partial charge in [-0.2, -0.15) is 5.26 Å². The molecule has 0 aliphatic rings. The van der Waals surface area contributed by atoms with Crippen LogP contribution in [0.25, 0.3) is 0 Å². The number of hydrogen-bond donors (Lipinski definition) is 0. The molecule has 6 heteroatoms. The molecule has 5 nitrogen and oxygen atoms in total. The highest BCUT2D eigenvalue weighted by Gasteiger charge is 2.08. The van der Waals surface area contributed by atoms with Crippen molar-refractivity contribution in [2.75, 3.05) is 14.2 Å². The fraction of sp³-hybridized carbons (Fsp3) is 0.176. The van der Waals surface area contributed by atoms with Crippen LogP contribution in [0, 0.1) is 11.3 Å². The molecule has 118 valence electrons. The Morgan fingerprint density at radius 3 is 2.61 bits per heavy atom. The Kier molecular flexibility index (Phi) is 6.01. The summed E-state index contributed by atoms with van der Waals surface area (Å²) in [5, 5.41) is 13.0. The predicted molar refractivity (Wildman–Crippen MR) is 90.8 cm³/mol. The third kappa shape index (κ3) is 4.24. The number of benzene rings is 2. The third-order valence-corrected chi connectivity index (χ3v) is 3.75.